The third-order valence-corrected chi connectivity index (χ3v) is 5.39. The number of rotatable bonds is 5. The van der Waals surface area contributed by atoms with Crippen LogP contribution in [0.5, 0.6) is 0 Å². The lowest BCUT2D eigenvalue weighted by Crippen LogP contribution is -2.39. The van der Waals surface area contributed by atoms with Gasteiger partial charge >= 0.3 is 5.69 Å². The molecule has 3 aromatic carbocycles. The topological polar surface area (TPSA) is 73.1 Å². The van der Waals surface area contributed by atoms with Crippen molar-refractivity contribution in [1.82, 2.24) is 14.5 Å². The number of likely N-dealkylation sites (N-methyl/N-ethyl adjacent to an activating group) is 1. The Labute approximate surface area is 183 Å². The van der Waals surface area contributed by atoms with E-state index in [1.165, 1.54) is 4.57 Å². The second-order valence-corrected chi connectivity index (χ2v) is 7.61. The number of amides is 1. The molecule has 1 heterocycles. The molecule has 0 bridgehead atoms. The maximum absolute atomic E-state index is 13.4. The molecule has 0 aliphatic rings. The van der Waals surface area contributed by atoms with Gasteiger partial charge in [0.05, 0.1) is 29.6 Å². The summed E-state index contributed by atoms with van der Waals surface area (Å²) in [4.78, 5) is 38.2. The molecule has 0 spiro atoms. The fraction of sp³-hybridized carbons (Fsp3) is 0.125. The number of hydrogen-bond acceptors (Lipinski definition) is 3. The van der Waals surface area contributed by atoms with Crippen LogP contribution in [0.1, 0.15) is 11.1 Å². The molecule has 0 aliphatic heterocycles. The zero-order valence-corrected chi connectivity index (χ0v) is 17.6. The highest BCUT2D eigenvalue weighted by Crippen LogP contribution is 2.15. The molecule has 7 heteroatoms. The molecular weight excluding hydrogens is 414 g/mol. The molecule has 4 rings (SSSR count). The van der Waals surface area contributed by atoms with Crippen molar-refractivity contribution in [3.05, 3.63) is 110 Å². The smallest absolute Gasteiger partial charge is 0.336 e. The largest absolute Gasteiger partial charge is 0.359 e. The lowest BCUT2D eigenvalue weighted by molar-refractivity contribution is -0.119. The Hall–Kier alpha value is -3.64. The Morgan fingerprint density at radius 1 is 0.903 bits per heavy atom. The van der Waals surface area contributed by atoms with E-state index < -0.39 is 5.69 Å². The van der Waals surface area contributed by atoms with Crippen molar-refractivity contribution < 1.29 is 4.79 Å². The van der Waals surface area contributed by atoms with Crippen molar-refractivity contribution in [2.75, 3.05) is 7.05 Å². The van der Waals surface area contributed by atoms with E-state index in [1.54, 1.807) is 72.3 Å². The average Bonchev–Trinajstić information content (AvgIpc) is 2.79. The van der Waals surface area contributed by atoms with E-state index >= 15 is 0 Å². The van der Waals surface area contributed by atoms with Gasteiger partial charge in [-0.3, -0.25) is 14.2 Å². The Morgan fingerprint density at radius 2 is 1.55 bits per heavy atom. The van der Waals surface area contributed by atoms with Gasteiger partial charge in [-0.1, -0.05) is 48.0 Å². The first kappa shape index (κ1) is 20.6. The maximum atomic E-state index is 13.4. The van der Waals surface area contributed by atoms with Crippen molar-refractivity contribution in [1.29, 1.82) is 0 Å². The summed E-state index contributed by atoms with van der Waals surface area (Å²) >= 11 is 5.98. The monoisotopic (exact) mass is 433 g/mol. The first-order valence-electron chi connectivity index (χ1n) is 9.77. The van der Waals surface area contributed by atoms with Gasteiger partial charge in [-0.25, -0.2) is 9.36 Å². The number of nitrogens with zero attached hydrogens (tertiary/aromatic N) is 2. The highest BCUT2D eigenvalue weighted by molar-refractivity contribution is 6.30. The summed E-state index contributed by atoms with van der Waals surface area (Å²) in [5.74, 6) is -0.110. The normalized spacial score (nSPS) is 10.9. The number of aromatic nitrogens is 2. The van der Waals surface area contributed by atoms with E-state index in [0.717, 1.165) is 11.1 Å². The molecule has 1 N–H and O–H groups in total. The van der Waals surface area contributed by atoms with Crippen molar-refractivity contribution >= 4 is 28.4 Å². The Kier molecular flexibility index (Phi) is 5.73. The number of halogens is 1. The van der Waals surface area contributed by atoms with Gasteiger partial charge in [0.1, 0.15) is 0 Å². The molecule has 156 valence electrons. The number of carbonyl (C=O) groups is 1. The lowest BCUT2D eigenvalue weighted by atomic mass is 10.1. The summed E-state index contributed by atoms with van der Waals surface area (Å²) in [5.41, 5.74) is 1.89. The number of para-hydroxylation sites is 1. The minimum Gasteiger partial charge on any atom is -0.359 e. The SMILES string of the molecule is CNC(=O)Cc1ccc(-n2c(=O)c3ccccc3n(Cc3ccc(Cl)cc3)c2=O)cc1. The molecule has 0 unspecified atom stereocenters. The lowest BCUT2D eigenvalue weighted by Gasteiger charge is -2.14. The third-order valence-electron chi connectivity index (χ3n) is 5.14. The standard InChI is InChI=1S/C24H20ClN3O3/c1-26-22(29)14-16-8-12-19(13-9-16)28-23(30)20-4-2-3-5-21(20)27(24(28)31)15-17-6-10-18(25)11-7-17/h2-13H,14-15H2,1H3,(H,26,29). The maximum Gasteiger partial charge on any atom is 0.336 e. The van der Waals surface area contributed by atoms with Crippen molar-refractivity contribution in [3.8, 4) is 5.69 Å². The quantitative estimate of drug-likeness (QED) is 0.525. The minimum atomic E-state index is -0.433. The summed E-state index contributed by atoms with van der Waals surface area (Å²) in [5, 5.41) is 3.64. The number of fused-ring (bicyclic) bond motifs is 1. The Morgan fingerprint density at radius 3 is 2.23 bits per heavy atom. The molecule has 0 aliphatic carbocycles. The van der Waals surface area contributed by atoms with Gasteiger partial charge in [0.25, 0.3) is 5.56 Å². The molecular formula is C24H20ClN3O3. The highest BCUT2D eigenvalue weighted by atomic mass is 35.5. The van der Waals surface area contributed by atoms with Crippen LogP contribution in [0.15, 0.2) is 82.4 Å². The van der Waals surface area contributed by atoms with Gasteiger partial charge in [-0.05, 0) is 47.5 Å². The van der Waals surface area contributed by atoms with E-state index in [1.807, 2.05) is 12.1 Å². The number of benzene rings is 3. The van der Waals surface area contributed by atoms with Gasteiger partial charge in [-0.2, -0.15) is 0 Å². The van der Waals surface area contributed by atoms with Crippen LogP contribution in [0.3, 0.4) is 0 Å². The predicted octanol–water partition coefficient (Wildman–Crippen LogP) is 3.14. The van der Waals surface area contributed by atoms with Crippen LogP contribution in [0, 0.1) is 0 Å². The Balaban J connectivity index is 1.86. The average molecular weight is 434 g/mol. The van der Waals surface area contributed by atoms with E-state index in [4.69, 9.17) is 11.6 Å². The van der Waals surface area contributed by atoms with Crippen molar-refractivity contribution in [2.45, 2.75) is 13.0 Å². The number of nitrogens with one attached hydrogen (secondary N) is 1. The molecule has 0 radical (unpaired) electrons. The fourth-order valence-corrected chi connectivity index (χ4v) is 3.64. The molecule has 0 atom stereocenters. The summed E-state index contributed by atoms with van der Waals surface area (Å²) in [6, 6.07) is 21.2. The highest BCUT2D eigenvalue weighted by Gasteiger charge is 2.15. The molecule has 6 nitrogen and oxygen atoms in total. The van der Waals surface area contributed by atoms with Gasteiger partial charge < -0.3 is 5.32 Å². The molecule has 4 aromatic rings. The molecule has 1 aromatic heterocycles. The van der Waals surface area contributed by atoms with E-state index in [0.29, 0.717) is 28.2 Å². The van der Waals surface area contributed by atoms with E-state index in [2.05, 4.69) is 5.32 Å². The van der Waals surface area contributed by atoms with Crippen LogP contribution in [0.2, 0.25) is 5.02 Å². The number of carbonyl (C=O) groups excluding carboxylic acids is 1. The summed E-state index contributed by atoms with van der Waals surface area (Å²) in [7, 11) is 1.58. The second kappa shape index (κ2) is 8.62. The molecule has 31 heavy (non-hydrogen) atoms. The predicted molar refractivity (Wildman–Crippen MR) is 122 cm³/mol. The summed E-state index contributed by atoms with van der Waals surface area (Å²) in [6.45, 7) is 0.297. The van der Waals surface area contributed by atoms with Gasteiger partial charge in [0.15, 0.2) is 0 Å². The fourth-order valence-electron chi connectivity index (χ4n) is 3.51. The van der Waals surface area contributed by atoms with Gasteiger partial charge in [-0.15, -0.1) is 0 Å². The van der Waals surface area contributed by atoms with Gasteiger partial charge in [0, 0.05) is 12.1 Å². The minimum absolute atomic E-state index is 0.110. The van der Waals surface area contributed by atoms with Crippen LogP contribution >= 0.6 is 11.6 Å². The first-order valence-corrected chi connectivity index (χ1v) is 10.1. The third kappa shape index (κ3) is 4.15. The molecule has 1 amide bonds. The first-order chi connectivity index (χ1) is 15.0. The second-order valence-electron chi connectivity index (χ2n) is 7.17. The van der Waals surface area contributed by atoms with Crippen LogP contribution in [0.4, 0.5) is 0 Å². The van der Waals surface area contributed by atoms with Crippen LogP contribution in [-0.4, -0.2) is 22.1 Å². The summed E-state index contributed by atoms with van der Waals surface area (Å²) < 4.78 is 2.75. The van der Waals surface area contributed by atoms with E-state index in [-0.39, 0.29) is 17.9 Å². The van der Waals surface area contributed by atoms with Crippen LogP contribution in [0.25, 0.3) is 16.6 Å². The molecule has 0 saturated heterocycles. The van der Waals surface area contributed by atoms with Crippen molar-refractivity contribution in [2.24, 2.45) is 0 Å². The zero-order valence-electron chi connectivity index (χ0n) is 16.8. The molecule has 0 saturated carbocycles. The number of hydrogen-bond donors (Lipinski definition) is 1. The van der Waals surface area contributed by atoms with Crippen molar-refractivity contribution in [3.63, 3.8) is 0 Å². The Bertz CT molecular complexity index is 1370. The summed E-state index contributed by atoms with van der Waals surface area (Å²) in [6.07, 6.45) is 0.226. The zero-order chi connectivity index (χ0) is 22.0. The van der Waals surface area contributed by atoms with E-state index in [9.17, 15) is 14.4 Å². The van der Waals surface area contributed by atoms with Crippen LogP contribution in [-0.2, 0) is 17.8 Å². The molecule has 0 fully saturated rings. The van der Waals surface area contributed by atoms with Gasteiger partial charge in [0.2, 0.25) is 5.91 Å². The van der Waals surface area contributed by atoms with Crippen LogP contribution < -0.4 is 16.6 Å².